The first-order chi connectivity index (χ1) is 8.42. The van der Waals surface area contributed by atoms with E-state index in [1.165, 1.54) is 0 Å². The zero-order valence-corrected chi connectivity index (χ0v) is 11.1. The van der Waals surface area contributed by atoms with E-state index in [1.807, 2.05) is 36.4 Å². The minimum Gasteiger partial charge on any atom is -0.459 e. The number of nitriles is 1. The molecule has 0 aliphatic carbocycles. The molecule has 0 fully saturated rings. The number of carbonyl (C=O) groups excluding carboxylic acids is 1. The molecule has 0 aliphatic rings. The molecule has 3 heteroatoms. The first-order valence-corrected chi connectivity index (χ1v) is 6.09. The molecule has 1 unspecified atom stereocenters. The van der Waals surface area contributed by atoms with Crippen molar-refractivity contribution in [1.82, 2.24) is 0 Å². The molecule has 0 radical (unpaired) electrons. The van der Waals surface area contributed by atoms with E-state index in [0.717, 1.165) is 5.56 Å². The van der Waals surface area contributed by atoms with Crippen LogP contribution in [0.4, 0.5) is 0 Å². The molecule has 1 atom stereocenters. The van der Waals surface area contributed by atoms with E-state index in [2.05, 4.69) is 0 Å². The van der Waals surface area contributed by atoms with Gasteiger partial charge in [-0.3, -0.25) is 4.79 Å². The van der Waals surface area contributed by atoms with Gasteiger partial charge in [0.1, 0.15) is 11.5 Å². The van der Waals surface area contributed by atoms with Crippen LogP contribution in [0.15, 0.2) is 30.3 Å². The van der Waals surface area contributed by atoms with Crippen molar-refractivity contribution >= 4 is 5.97 Å². The van der Waals surface area contributed by atoms with Crippen molar-refractivity contribution in [3.63, 3.8) is 0 Å². The van der Waals surface area contributed by atoms with Crippen molar-refractivity contribution < 1.29 is 9.53 Å². The number of nitrogens with zero attached hydrogens (tertiary/aromatic N) is 1. The van der Waals surface area contributed by atoms with E-state index in [1.54, 1.807) is 20.8 Å². The molecule has 3 nitrogen and oxygen atoms in total. The number of ether oxygens (including phenoxy) is 1. The molecule has 0 amide bonds. The van der Waals surface area contributed by atoms with Gasteiger partial charge in [0.15, 0.2) is 0 Å². The van der Waals surface area contributed by atoms with Crippen LogP contribution in [0, 0.1) is 17.2 Å². The first-order valence-electron chi connectivity index (χ1n) is 6.09. The summed E-state index contributed by atoms with van der Waals surface area (Å²) in [6.45, 7) is 5.41. The lowest BCUT2D eigenvalue weighted by molar-refractivity contribution is -0.158. The lowest BCUT2D eigenvalue weighted by Crippen LogP contribution is -2.28. The van der Waals surface area contributed by atoms with Gasteiger partial charge in [0.2, 0.25) is 0 Å². The molecule has 0 aliphatic heterocycles. The maximum absolute atomic E-state index is 11.8. The van der Waals surface area contributed by atoms with Crippen LogP contribution in [0.2, 0.25) is 0 Å². The second-order valence-electron chi connectivity index (χ2n) is 5.24. The van der Waals surface area contributed by atoms with Crippen LogP contribution in [0.3, 0.4) is 0 Å². The molecule has 96 valence electrons. The van der Waals surface area contributed by atoms with Crippen molar-refractivity contribution in [2.24, 2.45) is 5.92 Å². The molecule has 0 N–H and O–H groups in total. The van der Waals surface area contributed by atoms with Crippen molar-refractivity contribution in [2.45, 2.75) is 39.2 Å². The summed E-state index contributed by atoms with van der Waals surface area (Å²) < 4.78 is 5.22. The summed E-state index contributed by atoms with van der Waals surface area (Å²) in [5.74, 6) is -1.12. The lowest BCUT2D eigenvalue weighted by Gasteiger charge is -2.21. The number of rotatable bonds is 4. The van der Waals surface area contributed by atoms with Gasteiger partial charge in [-0.2, -0.15) is 5.26 Å². The Morgan fingerprint density at radius 2 is 1.94 bits per heavy atom. The topological polar surface area (TPSA) is 50.1 Å². The third kappa shape index (κ3) is 5.01. The van der Waals surface area contributed by atoms with Crippen LogP contribution in [0.5, 0.6) is 0 Å². The predicted octanol–water partition coefficient (Wildman–Crippen LogP) is 3.10. The van der Waals surface area contributed by atoms with E-state index >= 15 is 0 Å². The molecule has 0 saturated carbocycles. The standard InChI is InChI=1S/C15H19NO2/c1-15(2,3)18-14(17)13(11-16)10-9-12-7-5-4-6-8-12/h4-8,13H,9-10H2,1-3H3. The van der Waals surface area contributed by atoms with E-state index in [0.29, 0.717) is 12.8 Å². The molecule has 1 aromatic rings. The van der Waals surface area contributed by atoms with E-state index in [9.17, 15) is 4.79 Å². The molecular weight excluding hydrogens is 226 g/mol. The third-order valence-corrected chi connectivity index (χ3v) is 2.41. The van der Waals surface area contributed by atoms with Crippen molar-refractivity contribution in [1.29, 1.82) is 5.26 Å². The third-order valence-electron chi connectivity index (χ3n) is 2.41. The van der Waals surface area contributed by atoms with Crippen LogP contribution in [0.1, 0.15) is 32.8 Å². The lowest BCUT2D eigenvalue weighted by atomic mass is 10.0. The highest BCUT2D eigenvalue weighted by Crippen LogP contribution is 2.15. The Bertz CT molecular complexity index is 426. The fourth-order valence-corrected chi connectivity index (χ4v) is 1.56. The zero-order chi connectivity index (χ0) is 13.6. The molecule has 18 heavy (non-hydrogen) atoms. The fourth-order valence-electron chi connectivity index (χ4n) is 1.56. The zero-order valence-electron chi connectivity index (χ0n) is 11.1. The number of esters is 1. The van der Waals surface area contributed by atoms with Crippen LogP contribution in [0.25, 0.3) is 0 Å². The van der Waals surface area contributed by atoms with Gasteiger partial charge in [-0.1, -0.05) is 30.3 Å². The van der Waals surface area contributed by atoms with Crippen LogP contribution in [-0.2, 0) is 16.0 Å². The normalized spacial score (nSPS) is 12.6. The molecule has 0 spiro atoms. The van der Waals surface area contributed by atoms with Gasteiger partial charge in [0.25, 0.3) is 0 Å². The summed E-state index contributed by atoms with van der Waals surface area (Å²) in [6.07, 6.45) is 1.20. The number of aryl methyl sites for hydroxylation is 1. The summed E-state index contributed by atoms with van der Waals surface area (Å²) in [7, 11) is 0. The summed E-state index contributed by atoms with van der Waals surface area (Å²) in [5, 5.41) is 9.02. The average molecular weight is 245 g/mol. The Morgan fingerprint density at radius 3 is 2.44 bits per heavy atom. The van der Waals surface area contributed by atoms with E-state index in [-0.39, 0.29) is 0 Å². The molecular formula is C15H19NO2. The van der Waals surface area contributed by atoms with Gasteiger partial charge in [0.05, 0.1) is 6.07 Å². The first kappa shape index (κ1) is 14.2. The second kappa shape index (κ2) is 6.20. The summed E-state index contributed by atoms with van der Waals surface area (Å²) in [4.78, 5) is 11.8. The monoisotopic (exact) mass is 245 g/mol. The Balaban J connectivity index is 2.53. The Kier molecular flexibility index (Phi) is 4.91. The molecule has 1 rings (SSSR count). The van der Waals surface area contributed by atoms with Crippen LogP contribution >= 0.6 is 0 Å². The summed E-state index contributed by atoms with van der Waals surface area (Å²) >= 11 is 0. The number of hydrogen-bond donors (Lipinski definition) is 0. The minimum absolute atomic E-state index is 0.430. The Morgan fingerprint density at radius 1 is 1.33 bits per heavy atom. The largest absolute Gasteiger partial charge is 0.459 e. The molecule has 0 saturated heterocycles. The maximum Gasteiger partial charge on any atom is 0.323 e. The molecule has 0 heterocycles. The highest BCUT2D eigenvalue weighted by molar-refractivity contribution is 5.75. The fraction of sp³-hybridized carbons (Fsp3) is 0.467. The SMILES string of the molecule is CC(C)(C)OC(=O)C(C#N)CCc1ccccc1. The molecule has 0 aromatic heterocycles. The van der Waals surface area contributed by atoms with Gasteiger partial charge in [-0.25, -0.2) is 0 Å². The summed E-state index contributed by atoms with van der Waals surface area (Å²) in [5.41, 5.74) is 0.583. The predicted molar refractivity (Wildman–Crippen MR) is 69.7 cm³/mol. The van der Waals surface area contributed by atoms with Gasteiger partial charge in [0, 0.05) is 0 Å². The van der Waals surface area contributed by atoms with Gasteiger partial charge >= 0.3 is 5.97 Å². The van der Waals surface area contributed by atoms with Gasteiger partial charge in [-0.15, -0.1) is 0 Å². The van der Waals surface area contributed by atoms with Crippen LogP contribution in [-0.4, -0.2) is 11.6 Å². The van der Waals surface area contributed by atoms with Crippen molar-refractivity contribution in [3.05, 3.63) is 35.9 Å². The average Bonchev–Trinajstić information content (AvgIpc) is 2.29. The van der Waals surface area contributed by atoms with Gasteiger partial charge < -0.3 is 4.74 Å². The Labute approximate surface area is 108 Å². The highest BCUT2D eigenvalue weighted by atomic mass is 16.6. The summed E-state index contributed by atoms with van der Waals surface area (Å²) in [6, 6.07) is 11.8. The Hall–Kier alpha value is -1.82. The van der Waals surface area contributed by atoms with E-state index in [4.69, 9.17) is 10.00 Å². The second-order valence-corrected chi connectivity index (χ2v) is 5.24. The van der Waals surface area contributed by atoms with E-state index < -0.39 is 17.5 Å². The van der Waals surface area contributed by atoms with Crippen molar-refractivity contribution in [3.8, 4) is 6.07 Å². The smallest absolute Gasteiger partial charge is 0.323 e. The highest BCUT2D eigenvalue weighted by Gasteiger charge is 2.24. The van der Waals surface area contributed by atoms with Crippen molar-refractivity contribution in [2.75, 3.05) is 0 Å². The molecule has 0 bridgehead atoms. The number of benzene rings is 1. The maximum atomic E-state index is 11.8. The number of carbonyl (C=O) groups is 1. The number of hydrogen-bond acceptors (Lipinski definition) is 3. The minimum atomic E-state index is -0.690. The van der Waals surface area contributed by atoms with Crippen LogP contribution < -0.4 is 0 Å². The quantitative estimate of drug-likeness (QED) is 0.766. The molecule has 1 aromatic carbocycles. The van der Waals surface area contributed by atoms with Gasteiger partial charge in [-0.05, 0) is 39.2 Å².